The number of nitrogens with zero attached hydrogens (tertiary/aromatic N) is 4. The Morgan fingerprint density at radius 1 is 1.15 bits per heavy atom. The molecule has 0 bridgehead atoms. The molecule has 2 aliphatic heterocycles. The molecule has 7 heteroatoms. The molecule has 2 heterocycles. The first-order valence-corrected chi connectivity index (χ1v) is 12.9. The third-order valence-electron chi connectivity index (χ3n) is 10.2. The quantitative estimate of drug-likeness (QED) is 0.587. The Bertz CT molecular complexity index is 1060. The topological polar surface area (TPSA) is 74.5 Å². The average Bonchev–Trinajstić information content (AvgIpc) is 3.36. The summed E-state index contributed by atoms with van der Waals surface area (Å²) < 4.78 is 0. The van der Waals surface area contributed by atoms with Crippen LogP contribution in [0.25, 0.3) is 0 Å². The van der Waals surface area contributed by atoms with Crippen molar-refractivity contribution < 1.29 is 9.59 Å². The molecule has 0 aromatic carbocycles. The first-order chi connectivity index (χ1) is 15.8. The van der Waals surface area contributed by atoms with Gasteiger partial charge in [0, 0.05) is 12.3 Å². The first-order valence-electron chi connectivity index (χ1n) is 12.5. The molecule has 0 aromatic rings. The number of rotatable bonds is 3. The standard InChI is InChI=1S/C26H32N4O2S/c1-25-9-7-16(31)11-15(25)3-4-17-18-5-6-20(26(18,2)10-8-19(17)25)21(32)12-30-14-29-22-23(30)27-13-28-24(22)33/h11,13-14,17-20,22H,3-10,12H2,1-2H3/t17-,18-,19-,20+,22?,25-,26-/m0/s1. The van der Waals surface area contributed by atoms with Gasteiger partial charge in [0.25, 0.3) is 0 Å². The Hall–Kier alpha value is -2.02. The zero-order valence-electron chi connectivity index (χ0n) is 19.5. The summed E-state index contributed by atoms with van der Waals surface area (Å²) in [6.07, 6.45) is 13.5. The molecule has 0 N–H and O–H groups in total. The summed E-state index contributed by atoms with van der Waals surface area (Å²) >= 11 is 5.29. The van der Waals surface area contributed by atoms with E-state index in [1.807, 2.05) is 11.0 Å². The second-order valence-electron chi connectivity index (χ2n) is 11.5. The van der Waals surface area contributed by atoms with E-state index in [1.54, 1.807) is 6.34 Å². The zero-order chi connectivity index (χ0) is 23.0. The van der Waals surface area contributed by atoms with Gasteiger partial charge in [0.2, 0.25) is 0 Å². The molecule has 0 radical (unpaired) electrons. The normalized spacial score (nSPS) is 43.5. The van der Waals surface area contributed by atoms with Crippen molar-refractivity contribution in [2.24, 2.45) is 49.5 Å². The van der Waals surface area contributed by atoms with E-state index in [2.05, 4.69) is 28.8 Å². The third kappa shape index (κ3) is 3.10. The highest BCUT2D eigenvalue weighted by Gasteiger charge is 2.60. The Morgan fingerprint density at radius 3 is 2.85 bits per heavy atom. The van der Waals surface area contributed by atoms with Crippen LogP contribution in [0.2, 0.25) is 0 Å². The van der Waals surface area contributed by atoms with Crippen LogP contribution in [0.1, 0.15) is 65.2 Å². The summed E-state index contributed by atoms with van der Waals surface area (Å²) in [5, 5.41) is 0. The van der Waals surface area contributed by atoms with E-state index in [1.165, 1.54) is 24.8 Å². The maximum Gasteiger partial charge on any atom is 0.162 e. The van der Waals surface area contributed by atoms with Crippen LogP contribution in [0, 0.1) is 34.5 Å². The van der Waals surface area contributed by atoms with E-state index in [9.17, 15) is 9.59 Å². The van der Waals surface area contributed by atoms with Crippen LogP contribution in [0.5, 0.6) is 0 Å². The fraction of sp³-hybridized carbons (Fsp3) is 0.692. The van der Waals surface area contributed by atoms with Crippen molar-refractivity contribution in [2.45, 2.75) is 71.3 Å². The molecule has 0 saturated heterocycles. The minimum atomic E-state index is -0.312. The Balaban J connectivity index is 1.20. The van der Waals surface area contributed by atoms with Crippen molar-refractivity contribution in [3.05, 3.63) is 11.6 Å². The van der Waals surface area contributed by atoms with Gasteiger partial charge >= 0.3 is 0 Å². The molecule has 3 fully saturated rings. The zero-order valence-corrected chi connectivity index (χ0v) is 20.3. The van der Waals surface area contributed by atoms with E-state index < -0.39 is 0 Å². The number of aliphatic imine (C=N–C) groups is 3. The van der Waals surface area contributed by atoms with Crippen LogP contribution in [-0.4, -0.2) is 52.6 Å². The van der Waals surface area contributed by atoms with Crippen LogP contribution in [-0.2, 0) is 9.59 Å². The molecule has 0 amide bonds. The van der Waals surface area contributed by atoms with Crippen LogP contribution in [0.3, 0.4) is 0 Å². The van der Waals surface area contributed by atoms with E-state index in [0.717, 1.165) is 37.9 Å². The minimum Gasteiger partial charge on any atom is -0.311 e. The van der Waals surface area contributed by atoms with Crippen molar-refractivity contribution in [1.29, 1.82) is 0 Å². The van der Waals surface area contributed by atoms with Crippen molar-refractivity contribution >= 4 is 47.3 Å². The maximum absolute atomic E-state index is 13.6. The van der Waals surface area contributed by atoms with Gasteiger partial charge in [-0.05, 0) is 79.6 Å². The maximum atomic E-state index is 13.6. The molecule has 7 atom stereocenters. The molecule has 1 unspecified atom stereocenters. The van der Waals surface area contributed by atoms with Gasteiger partial charge in [0.1, 0.15) is 17.2 Å². The van der Waals surface area contributed by atoms with Gasteiger partial charge in [-0.15, -0.1) is 0 Å². The van der Waals surface area contributed by atoms with Crippen molar-refractivity contribution in [3.8, 4) is 0 Å². The number of fused-ring (bicyclic) bond motifs is 6. The number of allylic oxidation sites excluding steroid dienone is 1. The Kier molecular flexibility index (Phi) is 4.88. The number of amidine groups is 1. The molecule has 3 saturated carbocycles. The summed E-state index contributed by atoms with van der Waals surface area (Å²) in [6.45, 7) is 5.13. The van der Waals surface area contributed by atoms with E-state index in [4.69, 9.17) is 12.2 Å². The summed E-state index contributed by atoms with van der Waals surface area (Å²) in [5.41, 5.74) is 1.66. The molecule has 0 aromatic heterocycles. The predicted octanol–water partition coefficient (Wildman–Crippen LogP) is 4.18. The summed E-state index contributed by atoms with van der Waals surface area (Å²) in [7, 11) is 0. The van der Waals surface area contributed by atoms with Gasteiger partial charge in [0.15, 0.2) is 17.6 Å². The molecule has 4 aliphatic carbocycles. The van der Waals surface area contributed by atoms with E-state index >= 15 is 0 Å². The van der Waals surface area contributed by atoms with Gasteiger partial charge in [0.05, 0.1) is 12.9 Å². The van der Waals surface area contributed by atoms with Gasteiger partial charge in [-0.3, -0.25) is 14.6 Å². The van der Waals surface area contributed by atoms with Crippen LogP contribution >= 0.6 is 12.2 Å². The van der Waals surface area contributed by atoms with Gasteiger partial charge in [-0.25, -0.2) is 9.98 Å². The number of hydrogen-bond acceptors (Lipinski definition) is 6. The second-order valence-corrected chi connectivity index (χ2v) is 11.9. The van der Waals surface area contributed by atoms with E-state index in [-0.39, 0.29) is 22.8 Å². The summed E-state index contributed by atoms with van der Waals surface area (Å²) in [5.74, 6) is 3.39. The summed E-state index contributed by atoms with van der Waals surface area (Å²) in [6, 6.07) is -0.312. The molecule has 0 spiro atoms. The first kappa shape index (κ1) is 21.5. The lowest BCUT2D eigenvalue weighted by Gasteiger charge is -2.58. The highest BCUT2D eigenvalue weighted by atomic mass is 32.1. The number of carbonyl (C=O) groups is 2. The smallest absolute Gasteiger partial charge is 0.162 e. The molecular weight excluding hydrogens is 432 g/mol. The summed E-state index contributed by atoms with van der Waals surface area (Å²) in [4.78, 5) is 41.0. The lowest BCUT2D eigenvalue weighted by atomic mass is 9.46. The molecule has 6 aliphatic rings. The molecule has 33 heavy (non-hydrogen) atoms. The van der Waals surface area contributed by atoms with E-state index in [0.29, 0.717) is 47.3 Å². The monoisotopic (exact) mass is 464 g/mol. The largest absolute Gasteiger partial charge is 0.311 e. The van der Waals surface area contributed by atoms with Crippen LogP contribution in [0.4, 0.5) is 0 Å². The fourth-order valence-corrected chi connectivity index (χ4v) is 8.67. The highest BCUT2D eigenvalue weighted by Crippen LogP contribution is 2.66. The van der Waals surface area contributed by atoms with Gasteiger partial charge < -0.3 is 4.90 Å². The number of carbonyl (C=O) groups excluding carboxylic acids is 2. The molecular formula is C26H32N4O2S. The highest BCUT2D eigenvalue weighted by molar-refractivity contribution is 7.80. The lowest BCUT2D eigenvalue weighted by Crippen LogP contribution is -2.51. The second kappa shape index (κ2) is 7.49. The molecule has 174 valence electrons. The van der Waals surface area contributed by atoms with Crippen LogP contribution < -0.4 is 0 Å². The van der Waals surface area contributed by atoms with Crippen molar-refractivity contribution in [1.82, 2.24) is 4.90 Å². The fourth-order valence-electron chi connectivity index (χ4n) is 8.45. The number of ketones is 2. The van der Waals surface area contributed by atoms with Crippen molar-refractivity contribution in [3.63, 3.8) is 0 Å². The third-order valence-corrected chi connectivity index (χ3v) is 10.5. The average molecular weight is 465 g/mol. The van der Waals surface area contributed by atoms with Crippen molar-refractivity contribution in [2.75, 3.05) is 6.54 Å². The number of thiocarbonyl (C=S) groups is 1. The SMILES string of the molecule is C[C@]12CC[C@H]3[C@@H](CCC4=CC(=O)CC[C@@]43C)[C@@H]1CC[C@@H]2C(=O)CN1C=NC2C(=S)N=CN=C21. The molecule has 6 nitrogen and oxygen atoms in total. The Morgan fingerprint density at radius 2 is 2.00 bits per heavy atom. The molecule has 6 rings (SSSR count). The lowest BCUT2D eigenvalue weighted by molar-refractivity contribution is -0.130. The number of Topliss-reactive ketones (excluding diaryl/α,β-unsaturated/α-hetero) is 1. The Labute approximate surface area is 200 Å². The van der Waals surface area contributed by atoms with Gasteiger partial charge in [-0.2, -0.15) is 0 Å². The van der Waals surface area contributed by atoms with Crippen LogP contribution in [0.15, 0.2) is 26.6 Å². The predicted molar refractivity (Wildman–Crippen MR) is 133 cm³/mol. The minimum absolute atomic E-state index is 0.0711. The van der Waals surface area contributed by atoms with Gasteiger partial charge in [-0.1, -0.05) is 31.6 Å². The number of hydrogen-bond donors (Lipinski definition) is 0.